The van der Waals surface area contributed by atoms with Crippen molar-refractivity contribution in [2.45, 2.75) is 13.1 Å². The van der Waals surface area contributed by atoms with Gasteiger partial charge in [-0.2, -0.15) is 5.26 Å². The van der Waals surface area contributed by atoms with Crippen molar-refractivity contribution in [3.8, 4) is 6.07 Å². The predicted octanol–water partition coefficient (Wildman–Crippen LogP) is 3.75. The van der Waals surface area contributed by atoms with Crippen LogP contribution in [0.15, 0.2) is 46.9 Å². The molecule has 0 amide bonds. The van der Waals surface area contributed by atoms with Crippen LogP contribution in [0.5, 0.6) is 0 Å². The number of hydrogen-bond donors (Lipinski definition) is 1. The summed E-state index contributed by atoms with van der Waals surface area (Å²) in [5, 5.41) is 11.9. The molecule has 2 rings (SSSR count). The lowest BCUT2D eigenvalue weighted by molar-refractivity contribution is 0.619. The highest BCUT2D eigenvalue weighted by Gasteiger charge is 1.99. The van der Waals surface area contributed by atoms with Crippen molar-refractivity contribution in [1.82, 2.24) is 5.32 Å². The first kappa shape index (κ1) is 13.7. The Morgan fingerprint density at radius 1 is 1.05 bits per heavy atom. The molecule has 0 fully saturated rings. The summed E-state index contributed by atoms with van der Waals surface area (Å²) in [6, 6.07) is 14.3. The quantitative estimate of drug-likeness (QED) is 0.932. The monoisotopic (exact) mass is 318 g/mol. The van der Waals surface area contributed by atoms with E-state index in [0.29, 0.717) is 18.7 Å². The van der Waals surface area contributed by atoms with E-state index >= 15 is 0 Å². The molecule has 0 radical (unpaired) electrons. The fourth-order valence-corrected chi connectivity index (χ4v) is 2.27. The zero-order valence-electron chi connectivity index (χ0n) is 10.2. The zero-order valence-corrected chi connectivity index (χ0v) is 11.7. The van der Waals surface area contributed by atoms with E-state index in [2.05, 4.69) is 27.3 Å². The van der Waals surface area contributed by atoms with Crippen LogP contribution in [0.1, 0.15) is 16.7 Å². The van der Waals surface area contributed by atoms with Gasteiger partial charge in [0.15, 0.2) is 0 Å². The molecule has 0 aliphatic rings. The van der Waals surface area contributed by atoms with Gasteiger partial charge in [0.05, 0.1) is 11.6 Å². The molecule has 2 nitrogen and oxygen atoms in total. The maximum atomic E-state index is 13.2. The van der Waals surface area contributed by atoms with Crippen molar-refractivity contribution in [2.24, 2.45) is 0 Å². The molecule has 19 heavy (non-hydrogen) atoms. The highest BCUT2D eigenvalue weighted by Crippen LogP contribution is 2.14. The molecule has 2 aromatic carbocycles. The van der Waals surface area contributed by atoms with Gasteiger partial charge in [0, 0.05) is 17.6 Å². The Morgan fingerprint density at radius 3 is 2.37 bits per heavy atom. The largest absolute Gasteiger partial charge is 0.309 e. The van der Waals surface area contributed by atoms with E-state index in [1.807, 2.05) is 18.2 Å². The molecule has 2 aromatic rings. The Bertz CT molecular complexity index is 582. The van der Waals surface area contributed by atoms with Gasteiger partial charge in [-0.25, -0.2) is 4.39 Å². The first-order valence-electron chi connectivity index (χ1n) is 5.82. The second kappa shape index (κ2) is 6.46. The molecule has 0 aliphatic heterocycles. The molecule has 0 unspecified atom stereocenters. The zero-order chi connectivity index (χ0) is 13.7. The van der Waals surface area contributed by atoms with E-state index in [9.17, 15) is 4.39 Å². The lowest BCUT2D eigenvalue weighted by Crippen LogP contribution is -2.12. The van der Waals surface area contributed by atoms with E-state index in [1.165, 1.54) is 12.1 Å². The topological polar surface area (TPSA) is 35.8 Å². The number of hydrogen-bond acceptors (Lipinski definition) is 2. The van der Waals surface area contributed by atoms with Crippen LogP contribution in [0.25, 0.3) is 0 Å². The van der Waals surface area contributed by atoms with E-state index < -0.39 is 0 Å². The van der Waals surface area contributed by atoms with Crippen molar-refractivity contribution < 1.29 is 4.39 Å². The molecular formula is C15H12BrFN2. The van der Waals surface area contributed by atoms with Gasteiger partial charge in [-0.15, -0.1) is 0 Å². The first-order chi connectivity index (χ1) is 9.17. The second-order valence-electron chi connectivity index (χ2n) is 4.19. The third-order valence-electron chi connectivity index (χ3n) is 2.66. The molecule has 0 heterocycles. The van der Waals surface area contributed by atoms with Gasteiger partial charge >= 0.3 is 0 Å². The molecule has 0 atom stereocenters. The van der Waals surface area contributed by atoms with Gasteiger partial charge in [0.1, 0.15) is 5.82 Å². The second-order valence-corrected chi connectivity index (χ2v) is 5.11. The fraction of sp³-hybridized carbons (Fsp3) is 0.133. The molecule has 0 bridgehead atoms. The Hall–Kier alpha value is -1.70. The van der Waals surface area contributed by atoms with Crippen molar-refractivity contribution >= 4 is 15.9 Å². The normalized spacial score (nSPS) is 10.2. The number of nitriles is 1. The van der Waals surface area contributed by atoms with Crippen LogP contribution in [-0.4, -0.2) is 0 Å². The maximum Gasteiger partial charge on any atom is 0.124 e. The fourth-order valence-electron chi connectivity index (χ4n) is 1.76. The standard InChI is InChI=1S/C15H12BrFN2/c16-14-5-13(6-15(17)7-14)10-19-9-12-3-1-11(8-18)2-4-12/h1-7,19H,9-10H2. The third kappa shape index (κ3) is 4.16. The van der Waals surface area contributed by atoms with Crippen molar-refractivity contribution in [3.05, 3.63) is 69.4 Å². The van der Waals surface area contributed by atoms with E-state index in [0.717, 1.165) is 15.6 Å². The SMILES string of the molecule is N#Cc1ccc(CNCc2cc(F)cc(Br)c2)cc1. The molecule has 0 saturated heterocycles. The molecule has 0 spiro atoms. The van der Waals surface area contributed by atoms with Crippen LogP contribution in [-0.2, 0) is 13.1 Å². The number of benzene rings is 2. The van der Waals surface area contributed by atoms with Crippen molar-refractivity contribution in [2.75, 3.05) is 0 Å². The van der Waals surface area contributed by atoms with Gasteiger partial charge < -0.3 is 5.32 Å². The van der Waals surface area contributed by atoms with Gasteiger partial charge in [0.25, 0.3) is 0 Å². The van der Waals surface area contributed by atoms with Gasteiger partial charge in [-0.1, -0.05) is 28.1 Å². The molecule has 96 valence electrons. The lowest BCUT2D eigenvalue weighted by Gasteiger charge is -2.06. The molecule has 1 N–H and O–H groups in total. The first-order valence-corrected chi connectivity index (χ1v) is 6.61. The van der Waals surface area contributed by atoms with E-state index in [-0.39, 0.29) is 5.82 Å². The Balaban J connectivity index is 1.90. The summed E-state index contributed by atoms with van der Waals surface area (Å²) in [5.41, 5.74) is 2.63. The summed E-state index contributed by atoms with van der Waals surface area (Å²) < 4.78 is 13.9. The van der Waals surface area contributed by atoms with Crippen LogP contribution < -0.4 is 5.32 Å². The molecule has 0 aliphatic carbocycles. The van der Waals surface area contributed by atoms with Gasteiger partial charge in [0.2, 0.25) is 0 Å². The Labute approximate surface area is 120 Å². The van der Waals surface area contributed by atoms with Crippen LogP contribution in [0.4, 0.5) is 4.39 Å². The minimum atomic E-state index is -0.246. The van der Waals surface area contributed by atoms with Gasteiger partial charge in [-0.3, -0.25) is 0 Å². The lowest BCUT2D eigenvalue weighted by atomic mass is 10.1. The van der Waals surface area contributed by atoms with Crippen LogP contribution in [0, 0.1) is 17.1 Å². The highest BCUT2D eigenvalue weighted by molar-refractivity contribution is 9.10. The average molecular weight is 319 g/mol. The number of nitrogens with one attached hydrogen (secondary N) is 1. The Morgan fingerprint density at radius 2 is 1.74 bits per heavy atom. The summed E-state index contributed by atoms with van der Waals surface area (Å²) in [5.74, 6) is -0.246. The minimum absolute atomic E-state index is 0.246. The van der Waals surface area contributed by atoms with E-state index in [4.69, 9.17) is 5.26 Å². The number of nitrogens with zero attached hydrogens (tertiary/aromatic N) is 1. The third-order valence-corrected chi connectivity index (χ3v) is 3.12. The van der Waals surface area contributed by atoms with E-state index in [1.54, 1.807) is 12.1 Å². The molecular weight excluding hydrogens is 307 g/mol. The van der Waals surface area contributed by atoms with Crippen molar-refractivity contribution in [1.29, 1.82) is 5.26 Å². The van der Waals surface area contributed by atoms with Crippen LogP contribution in [0.2, 0.25) is 0 Å². The molecule has 4 heteroatoms. The Kier molecular flexibility index (Phi) is 4.67. The molecule has 0 aromatic heterocycles. The van der Waals surface area contributed by atoms with Crippen LogP contribution >= 0.6 is 15.9 Å². The van der Waals surface area contributed by atoms with Gasteiger partial charge in [-0.05, 0) is 41.5 Å². The average Bonchev–Trinajstić information content (AvgIpc) is 2.38. The summed E-state index contributed by atoms with van der Waals surface area (Å²) >= 11 is 3.27. The summed E-state index contributed by atoms with van der Waals surface area (Å²) in [6.45, 7) is 1.27. The highest BCUT2D eigenvalue weighted by atomic mass is 79.9. The predicted molar refractivity (Wildman–Crippen MR) is 75.8 cm³/mol. The summed E-state index contributed by atoms with van der Waals surface area (Å²) in [4.78, 5) is 0. The number of rotatable bonds is 4. The molecule has 0 saturated carbocycles. The summed E-state index contributed by atoms with van der Waals surface area (Å²) in [7, 11) is 0. The minimum Gasteiger partial charge on any atom is -0.309 e. The number of halogens is 2. The smallest absolute Gasteiger partial charge is 0.124 e. The maximum absolute atomic E-state index is 13.2. The summed E-state index contributed by atoms with van der Waals surface area (Å²) in [6.07, 6.45) is 0. The van der Waals surface area contributed by atoms with Crippen molar-refractivity contribution in [3.63, 3.8) is 0 Å². The van der Waals surface area contributed by atoms with Crippen LogP contribution in [0.3, 0.4) is 0 Å².